The molecule has 6 nitrogen and oxygen atoms in total. The molecule has 1 aliphatic carbocycles. The maximum absolute atomic E-state index is 12.5. The van der Waals surface area contributed by atoms with Gasteiger partial charge in [0.15, 0.2) is 0 Å². The van der Waals surface area contributed by atoms with Crippen molar-refractivity contribution in [3.05, 3.63) is 35.4 Å². The van der Waals surface area contributed by atoms with Crippen LogP contribution in [0.15, 0.2) is 24.3 Å². The number of nitrogens with one attached hydrogen (secondary N) is 1. The van der Waals surface area contributed by atoms with Crippen molar-refractivity contribution in [3.63, 3.8) is 0 Å². The number of nitrogens with zero attached hydrogens (tertiary/aromatic N) is 2. The molecule has 1 fully saturated rings. The summed E-state index contributed by atoms with van der Waals surface area (Å²) in [6.45, 7) is 4.04. The molecule has 1 heterocycles. The Kier molecular flexibility index (Phi) is 4.78. The molecule has 0 aromatic heterocycles. The van der Waals surface area contributed by atoms with Gasteiger partial charge in [-0.05, 0) is 50.2 Å². The average molecular weight is 357 g/mol. The van der Waals surface area contributed by atoms with Crippen molar-refractivity contribution in [2.24, 2.45) is 5.92 Å². The standard InChI is InChI=1S/C20H27N3O3/c1-20(2,12-13-9-14-7-5-6-8-15(14)10-13)21-17(24)11-16-18(25)23(4)19(26)22(16)3/h5-8,13,16H,9-12H2,1-4H3,(H,21,24)/t16-/m0/s1. The molecule has 0 bridgehead atoms. The van der Waals surface area contributed by atoms with E-state index in [9.17, 15) is 14.4 Å². The second-order valence-corrected chi connectivity index (χ2v) is 8.19. The average Bonchev–Trinajstić information content (AvgIpc) is 3.04. The molecule has 4 amide bonds. The van der Waals surface area contributed by atoms with E-state index in [-0.39, 0.29) is 29.8 Å². The predicted octanol–water partition coefficient (Wildman–Crippen LogP) is 1.97. The number of urea groups is 1. The number of fused-ring (bicyclic) bond motifs is 1. The lowest BCUT2D eigenvalue weighted by atomic mass is 9.88. The van der Waals surface area contributed by atoms with Crippen molar-refractivity contribution in [2.45, 2.75) is 51.1 Å². The first kappa shape index (κ1) is 18.4. The van der Waals surface area contributed by atoms with E-state index in [1.807, 2.05) is 13.8 Å². The lowest BCUT2D eigenvalue weighted by Crippen LogP contribution is -2.47. The van der Waals surface area contributed by atoms with Crippen LogP contribution in [0, 0.1) is 5.92 Å². The summed E-state index contributed by atoms with van der Waals surface area (Å²) >= 11 is 0. The first-order chi connectivity index (χ1) is 12.2. The molecule has 140 valence electrons. The van der Waals surface area contributed by atoms with E-state index in [2.05, 4.69) is 29.6 Å². The first-order valence-electron chi connectivity index (χ1n) is 9.10. The van der Waals surface area contributed by atoms with Crippen LogP contribution >= 0.6 is 0 Å². The second kappa shape index (κ2) is 6.74. The number of likely N-dealkylation sites (N-methyl/N-ethyl adjacent to an activating group) is 2. The van der Waals surface area contributed by atoms with Crippen LogP contribution in [0.25, 0.3) is 0 Å². The van der Waals surface area contributed by atoms with E-state index in [1.165, 1.54) is 23.1 Å². The topological polar surface area (TPSA) is 69.7 Å². The van der Waals surface area contributed by atoms with Gasteiger partial charge in [-0.1, -0.05) is 24.3 Å². The minimum atomic E-state index is -0.709. The fourth-order valence-corrected chi connectivity index (χ4v) is 4.25. The molecule has 1 atom stereocenters. The number of benzene rings is 1. The Morgan fingerprint density at radius 3 is 2.23 bits per heavy atom. The van der Waals surface area contributed by atoms with Gasteiger partial charge in [-0.15, -0.1) is 0 Å². The summed E-state index contributed by atoms with van der Waals surface area (Å²) < 4.78 is 0. The Hall–Kier alpha value is -2.37. The van der Waals surface area contributed by atoms with Crippen LogP contribution in [-0.2, 0) is 22.4 Å². The van der Waals surface area contributed by atoms with Crippen molar-refractivity contribution < 1.29 is 14.4 Å². The molecule has 0 radical (unpaired) electrons. The van der Waals surface area contributed by atoms with E-state index >= 15 is 0 Å². The van der Waals surface area contributed by atoms with Crippen LogP contribution < -0.4 is 5.32 Å². The Bertz CT molecular complexity index is 719. The number of hydrogen-bond donors (Lipinski definition) is 1. The number of carbonyl (C=O) groups is 3. The third-order valence-corrected chi connectivity index (χ3v) is 5.46. The van der Waals surface area contributed by atoms with Gasteiger partial charge in [0.2, 0.25) is 5.91 Å². The molecule has 1 N–H and O–H groups in total. The van der Waals surface area contributed by atoms with Gasteiger partial charge in [0.05, 0.1) is 6.42 Å². The monoisotopic (exact) mass is 357 g/mol. The molecule has 1 aromatic carbocycles. The number of imide groups is 1. The lowest BCUT2D eigenvalue weighted by molar-refractivity contribution is -0.131. The lowest BCUT2D eigenvalue weighted by Gasteiger charge is -2.30. The number of amides is 4. The van der Waals surface area contributed by atoms with E-state index in [0.717, 1.165) is 24.2 Å². The molecule has 0 saturated carbocycles. The van der Waals surface area contributed by atoms with Gasteiger partial charge in [-0.25, -0.2) is 4.79 Å². The smallest absolute Gasteiger partial charge is 0.326 e. The van der Waals surface area contributed by atoms with Gasteiger partial charge in [0.25, 0.3) is 5.91 Å². The summed E-state index contributed by atoms with van der Waals surface area (Å²) in [5, 5.41) is 3.06. The summed E-state index contributed by atoms with van der Waals surface area (Å²) in [6, 6.07) is 7.42. The van der Waals surface area contributed by atoms with Gasteiger partial charge in [-0.3, -0.25) is 14.5 Å². The molecule has 26 heavy (non-hydrogen) atoms. The van der Waals surface area contributed by atoms with E-state index < -0.39 is 6.04 Å². The van der Waals surface area contributed by atoms with Crippen molar-refractivity contribution in [1.82, 2.24) is 15.1 Å². The van der Waals surface area contributed by atoms with Crippen molar-refractivity contribution in [1.29, 1.82) is 0 Å². The molecule has 0 unspecified atom stereocenters. The van der Waals surface area contributed by atoms with Gasteiger partial charge in [-0.2, -0.15) is 0 Å². The van der Waals surface area contributed by atoms with Gasteiger partial charge >= 0.3 is 6.03 Å². The molecular formula is C20H27N3O3. The Morgan fingerprint density at radius 1 is 1.15 bits per heavy atom. The van der Waals surface area contributed by atoms with Crippen molar-refractivity contribution in [3.8, 4) is 0 Å². The number of rotatable bonds is 5. The fraction of sp³-hybridized carbons (Fsp3) is 0.550. The zero-order valence-corrected chi connectivity index (χ0v) is 15.9. The zero-order chi connectivity index (χ0) is 19.1. The Balaban J connectivity index is 1.55. The zero-order valence-electron chi connectivity index (χ0n) is 15.9. The van der Waals surface area contributed by atoms with E-state index in [4.69, 9.17) is 0 Å². The molecule has 1 aliphatic heterocycles. The summed E-state index contributed by atoms with van der Waals surface area (Å²) in [7, 11) is 3.00. The van der Waals surface area contributed by atoms with Crippen LogP contribution in [-0.4, -0.2) is 53.3 Å². The molecular weight excluding hydrogens is 330 g/mol. The highest BCUT2D eigenvalue weighted by Crippen LogP contribution is 2.32. The van der Waals surface area contributed by atoms with Gasteiger partial charge in [0, 0.05) is 19.6 Å². The minimum absolute atomic E-state index is 0.000262. The highest BCUT2D eigenvalue weighted by Gasteiger charge is 2.42. The maximum atomic E-state index is 12.5. The maximum Gasteiger partial charge on any atom is 0.326 e. The van der Waals surface area contributed by atoms with Crippen LogP contribution in [0.3, 0.4) is 0 Å². The fourth-order valence-electron chi connectivity index (χ4n) is 4.25. The molecule has 6 heteroatoms. The second-order valence-electron chi connectivity index (χ2n) is 8.19. The van der Waals surface area contributed by atoms with Crippen molar-refractivity contribution in [2.75, 3.05) is 14.1 Å². The van der Waals surface area contributed by atoms with Crippen LogP contribution in [0.1, 0.15) is 37.8 Å². The molecule has 1 aromatic rings. The summed E-state index contributed by atoms with van der Waals surface area (Å²) in [5.41, 5.74) is 2.44. The van der Waals surface area contributed by atoms with Gasteiger partial charge in [0.1, 0.15) is 6.04 Å². The number of carbonyl (C=O) groups excluding carboxylic acids is 3. The summed E-state index contributed by atoms with van der Waals surface area (Å²) in [5.74, 6) is -0.0123. The third kappa shape index (κ3) is 3.59. The molecule has 1 saturated heterocycles. The van der Waals surface area contributed by atoms with Gasteiger partial charge < -0.3 is 10.2 Å². The molecule has 0 spiro atoms. The van der Waals surface area contributed by atoms with Crippen LogP contribution in [0.2, 0.25) is 0 Å². The van der Waals surface area contributed by atoms with E-state index in [0.29, 0.717) is 5.92 Å². The summed E-state index contributed by atoms with van der Waals surface area (Å²) in [4.78, 5) is 38.8. The predicted molar refractivity (Wildman–Crippen MR) is 98.5 cm³/mol. The van der Waals surface area contributed by atoms with Crippen LogP contribution in [0.4, 0.5) is 4.79 Å². The van der Waals surface area contributed by atoms with Crippen molar-refractivity contribution >= 4 is 17.8 Å². The third-order valence-electron chi connectivity index (χ3n) is 5.46. The Morgan fingerprint density at radius 2 is 1.73 bits per heavy atom. The highest BCUT2D eigenvalue weighted by molar-refractivity contribution is 6.05. The molecule has 3 rings (SSSR count). The Labute approximate surface area is 154 Å². The minimum Gasteiger partial charge on any atom is -0.351 e. The summed E-state index contributed by atoms with van der Waals surface area (Å²) in [6.07, 6.45) is 2.96. The van der Waals surface area contributed by atoms with Crippen LogP contribution in [0.5, 0.6) is 0 Å². The normalized spacial score (nSPS) is 20.7. The van der Waals surface area contributed by atoms with E-state index in [1.54, 1.807) is 7.05 Å². The quantitative estimate of drug-likeness (QED) is 0.819. The highest BCUT2D eigenvalue weighted by atomic mass is 16.2. The number of hydrogen-bond acceptors (Lipinski definition) is 3. The largest absolute Gasteiger partial charge is 0.351 e. The first-order valence-corrected chi connectivity index (χ1v) is 9.10. The SMILES string of the molecule is CN1C(=O)[C@H](CC(=O)NC(C)(C)CC2Cc3ccccc3C2)N(C)C1=O. The molecule has 2 aliphatic rings.